The molecule has 0 bridgehead atoms. The average Bonchev–Trinajstić information content (AvgIpc) is 2.86. The van der Waals surface area contributed by atoms with E-state index in [0.29, 0.717) is 0 Å². The molecule has 14 heavy (non-hydrogen) atoms. The number of thiazole rings is 1. The van der Waals surface area contributed by atoms with Gasteiger partial charge in [-0.05, 0) is 18.6 Å². The molecule has 1 atom stereocenters. The first-order valence-corrected chi connectivity index (χ1v) is 5.47. The molecule has 0 aliphatic carbocycles. The van der Waals surface area contributed by atoms with Crippen molar-refractivity contribution in [3.63, 3.8) is 0 Å². The Hall–Kier alpha value is -1.29. The molecule has 1 unspecified atom stereocenters. The molecular weight excluding hydrogens is 196 g/mol. The lowest BCUT2D eigenvalue weighted by atomic mass is 10.2. The third-order valence-electron chi connectivity index (χ3n) is 2.02. The Morgan fingerprint density at radius 1 is 1.64 bits per heavy atom. The zero-order valence-electron chi connectivity index (χ0n) is 7.93. The number of nitrogens with one attached hydrogen (secondary N) is 1. The van der Waals surface area contributed by atoms with Crippen molar-refractivity contribution in [3.05, 3.63) is 35.7 Å². The van der Waals surface area contributed by atoms with Crippen LogP contribution in [0.25, 0.3) is 0 Å². The summed E-state index contributed by atoms with van der Waals surface area (Å²) in [4.78, 5) is 4.18. The van der Waals surface area contributed by atoms with Crippen LogP contribution < -0.4 is 5.32 Å². The number of nitrogens with zero attached hydrogens (tertiary/aromatic N) is 1. The molecule has 74 valence electrons. The van der Waals surface area contributed by atoms with Crippen LogP contribution in [0.1, 0.15) is 25.1 Å². The molecule has 0 spiro atoms. The third kappa shape index (κ3) is 1.96. The predicted octanol–water partition coefficient (Wildman–Crippen LogP) is 3.30. The van der Waals surface area contributed by atoms with Gasteiger partial charge in [0.25, 0.3) is 0 Å². The summed E-state index contributed by atoms with van der Waals surface area (Å²) in [6, 6.07) is 4.10. The van der Waals surface area contributed by atoms with Crippen LogP contribution in [0, 0.1) is 0 Å². The van der Waals surface area contributed by atoms with Crippen LogP contribution in [0.15, 0.2) is 34.4 Å². The lowest BCUT2D eigenvalue weighted by Gasteiger charge is -2.12. The van der Waals surface area contributed by atoms with Gasteiger partial charge in [-0.25, -0.2) is 4.98 Å². The molecule has 2 aromatic heterocycles. The summed E-state index contributed by atoms with van der Waals surface area (Å²) in [7, 11) is 0. The minimum Gasteiger partial charge on any atom is -0.467 e. The second-order valence-corrected chi connectivity index (χ2v) is 3.85. The van der Waals surface area contributed by atoms with Crippen LogP contribution in [0.5, 0.6) is 0 Å². The maximum Gasteiger partial charge on any atom is 0.183 e. The minimum absolute atomic E-state index is 0.219. The van der Waals surface area contributed by atoms with E-state index in [1.807, 2.05) is 17.5 Å². The Kier molecular flexibility index (Phi) is 2.84. The first kappa shape index (κ1) is 9.27. The highest BCUT2D eigenvalue weighted by Gasteiger charge is 2.12. The molecule has 0 saturated heterocycles. The standard InChI is InChI=1S/C10H12N2OS/c1-2-8(9-4-3-6-13-9)12-10-11-5-7-14-10/h3-8H,2H2,1H3,(H,11,12). The molecule has 0 aliphatic heterocycles. The van der Waals surface area contributed by atoms with Gasteiger partial charge >= 0.3 is 0 Å². The van der Waals surface area contributed by atoms with E-state index in [1.165, 1.54) is 0 Å². The lowest BCUT2D eigenvalue weighted by Crippen LogP contribution is -2.08. The van der Waals surface area contributed by atoms with Gasteiger partial charge in [-0.2, -0.15) is 0 Å². The van der Waals surface area contributed by atoms with Crippen LogP contribution >= 0.6 is 11.3 Å². The zero-order chi connectivity index (χ0) is 9.80. The highest BCUT2D eigenvalue weighted by atomic mass is 32.1. The van der Waals surface area contributed by atoms with Crippen molar-refractivity contribution in [2.24, 2.45) is 0 Å². The Labute approximate surface area is 86.8 Å². The Bertz CT molecular complexity index is 355. The van der Waals surface area contributed by atoms with Crippen LogP contribution in [0.2, 0.25) is 0 Å². The normalized spacial score (nSPS) is 12.6. The molecule has 0 aromatic carbocycles. The molecule has 3 nitrogen and oxygen atoms in total. The van der Waals surface area contributed by atoms with E-state index in [-0.39, 0.29) is 6.04 Å². The summed E-state index contributed by atoms with van der Waals surface area (Å²) >= 11 is 1.60. The number of hydrogen-bond donors (Lipinski definition) is 1. The molecule has 2 rings (SSSR count). The van der Waals surface area contributed by atoms with Crippen molar-refractivity contribution >= 4 is 16.5 Å². The van der Waals surface area contributed by atoms with E-state index < -0.39 is 0 Å². The van der Waals surface area contributed by atoms with Crippen molar-refractivity contribution in [2.45, 2.75) is 19.4 Å². The maximum atomic E-state index is 5.35. The second-order valence-electron chi connectivity index (χ2n) is 2.96. The van der Waals surface area contributed by atoms with Gasteiger partial charge in [-0.1, -0.05) is 6.92 Å². The van der Waals surface area contributed by atoms with Crippen molar-refractivity contribution in [1.29, 1.82) is 0 Å². The van der Waals surface area contributed by atoms with Gasteiger partial charge in [0.2, 0.25) is 0 Å². The monoisotopic (exact) mass is 208 g/mol. The van der Waals surface area contributed by atoms with E-state index in [2.05, 4.69) is 17.2 Å². The van der Waals surface area contributed by atoms with Crippen molar-refractivity contribution in [1.82, 2.24) is 4.98 Å². The fourth-order valence-electron chi connectivity index (χ4n) is 1.31. The number of anilines is 1. The zero-order valence-corrected chi connectivity index (χ0v) is 8.75. The van der Waals surface area contributed by atoms with Crippen molar-refractivity contribution in [2.75, 3.05) is 5.32 Å². The molecule has 2 heterocycles. The largest absolute Gasteiger partial charge is 0.467 e. The summed E-state index contributed by atoms with van der Waals surface area (Å²) in [5, 5.41) is 6.22. The van der Waals surface area contributed by atoms with E-state index in [0.717, 1.165) is 17.3 Å². The average molecular weight is 208 g/mol. The topological polar surface area (TPSA) is 38.1 Å². The molecule has 0 aliphatic rings. The SMILES string of the molecule is CCC(Nc1nccs1)c1ccco1. The fourth-order valence-corrected chi connectivity index (χ4v) is 1.89. The number of hydrogen-bond acceptors (Lipinski definition) is 4. The van der Waals surface area contributed by atoms with Gasteiger partial charge in [0, 0.05) is 11.6 Å². The summed E-state index contributed by atoms with van der Waals surface area (Å²) < 4.78 is 5.35. The summed E-state index contributed by atoms with van der Waals surface area (Å²) in [6.07, 6.45) is 4.47. The van der Waals surface area contributed by atoms with Gasteiger partial charge in [-0.3, -0.25) is 0 Å². The molecule has 2 aromatic rings. The quantitative estimate of drug-likeness (QED) is 0.837. The third-order valence-corrected chi connectivity index (χ3v) is 2.73. The predicted molar refractivity (Wildman–Crippen MR) is 57.5 cm³/mol. The van der Waals surface area contributed by atoms with E-state index >= 15 is 0 Å². The minimum atomic E-state index is 0.219. The Balaban J connectivity index is 2.08. The highest BCUT2D eigenvalue weighted by molar-refractivity contribution is 7.13. The van der Waals surface area contributed by atoms with Crippen molar-refractivity contribution < 1.29 is 4.42 Å². The van der Waals surface area contributed by atoms with Gasteiger partial charge in [0.15, 0.2) is 5.13 Å². The van der Waals surface area contributed by atoms with E-state index in [9.17, 15) is 0 Å². The molecule has 0 radical (unpaired) electrons. The molecule has 4 heteroatoms. The first-order chi connectivity index (χ1) is 6.90. The van der Waals surface area contributed by atoms with E-state index in [1.54, 1.807) is 23.8 Å². The maximum absolute atomic E-state index is 5.35. The van der Waals surface area contributed by atoms with Gasteiger partial charge in [-0.15, -0.1) is 11.3 Å². The Morgan fingerprint density at radius 3 is 3.14 bits per heavy atom. The first-order valence-electron chi connectivity index (χ1n) is 4.59. The molecule has 0 saturated carbocycles. The van der Waals surface area contributed by atoms with Crippen LogP contribution in [0.3, 0.4) is 0 Å². The van der Waals surface area contributed by atoms with Crippen LogP contribution in [0.4, 0.5) is 5.13 Å². The summed E-state index contributed by atoms with van der Waals surface area (Å²) in [5.41, 5.74) is 0. The molecule has 0 fully saturated rings. The van der Waals surface area contributed by atoms with Crippen LogP contribution in [-0.4, -0.2) is 4.98 Å². The summed E-state index contributed by atoms with van der Waals surface area (Å²) in [6.45, 7) is 2.12. The number of furan rings is 1. The van der Waals surface area contributed by atoms with Gasteiger partial charge in [0.1, 0.15) is 5.76 Å². The molecule has 0 amide bonds. The lowest BCUT2D eigenvalue weighted by molar-refractivity contribution is 0.474. The molecular formula is C10H12N2OS. The second kappa shape index (κ2) is 4.28. The van der Waals surface area contributed by atoms with E-state index in [4.69, 9.17) is 4.42 Å². The van der Waals surface area contributed by atoms with Crippen molar-refractivity contribution in [3.8, 4) is 0 Å². The Morgan fingerprint density at radius 2 is 2.57 bits per heavy atom. The number of rotatable bonds is 4. The van der Waals surface area contributed by atoms with Gasteiger partial charge in [0.05, 0.1) is 12.3 Å². The van der Waals surface area contributed by atoms with Crippen LogP contribution in [-0.2, 0) is 0 Å². The van der Waals surface area contributed by atoms with Gasteiger partial charge < -0.3 is 9.73 Å². The number of aromatic nitrogens is 1. The highest BCUT2D eigenvalue weighted by Crippen LogP contribution is 2.23. The summed E-state index contributed by atoms with van der Waals surface area (Å²) in [5.74, 6) is 0.961. The smallest absolute Gasteiger partial charge is 0.183 e. The molecule has 1 N–H and O–H groups in total. The fraction of sp³-hybridized carbons (Fsp3) is 0.300.